The lowest BCUT2D eigenvalue weighted by molar-refractivity contribution is -0.110. The van der Waals surface area contributed by atoms with Crippen molar-refractivity contribution >= 4 is 28.2 Å². The van der Waals surface area contributed by atoms with Crippen molar-refractivity contribution < 1.29 is 9.53 Å². The van der Waals surface area contributed by atoms with E-state index in [1.54, 1.807) is 12.3 Å². The number of halogens is 1. The lowest BCUT2D eigenvalue weighted by atomic mass is 10.1. The van der Waals surface area contributed by atoms with Gasteiger partial charge in [0.1, 0.15) is 11.8 Å². The minimum absolute atomic E-state index is 0.00110. The highest BCUT2D eigenvalue weighted by atomic mass is 35.5. The number of rotatable bonds is 5. The van der Waals surface area contributed by atoms with E-state index in [9.17, 15) is 4.79 Å². The topological polar surface area (TPSA) is 87.0 Å². The molecule has 1 aromatic rings. The second-order valence-corrected chi connectivity index (χ2v) is 4.89. The average molecular weight is 295 g/mol. The number of nitriles is 1. The molecule has 2 N–H and O–H groups in total. The molecule has 2 rings (SSSR count). The van der Waals surface area contributed by atoms with Crippen LogP contribution in [0.2, 0.25) is 0 Å². The summed E-state index contributed by atoms with van der Waals surface area (Å²) in [4.78, 5) is 14.9. The molecule has 106 valence electrons. The molecule has 0 spiro atoms. The maximum Gasteiger partial charge on any atom is 0.240 e. The summed E-state index contributed by atoms with van der Waals surface area (Å²) in [5.74, 6) is 0. The molecule has 0 atom stereocenters. The fraction of sp³-hybridized carbons (Fsp3) is 0.462. The third kappa shape index (κ3) is 4.08. The molecule has 0 amide bonds. The quantitative estimate of drug-likeness (QED) is 0.804. The van der Waals surface area contributed by atoms with E-state index in [0.717, 1.165) is 31.7 Å². The molecule has 6 nitrogen and oxygen atoms in total. The Morgan fingerprint density at radius 1 is 1.50 bits per heavy atom. The summed E-state index contributed by atoms with van der Waals surface area (Å²) in [7, 11) is 0. The minimum atomic E-state index is -0.489. The number of nitrogens with one attached hydrogen (secondary N) is 2. The number of hydrogen-bond donors (Lipinski definition) is 2. The number of carbonyl (C=O) groups excluding carboxylic acids is 1. The standard InChI is InChI=1S/C13H15ClN4O2/c14-13(19)8-17-11-5-10(6-15)16-7-12(11)18-9-1-3-20-4-2-9/h5,7,9,18H,1-4,8H2,(H,16,17). The third-order valence-electron chi connectivity index (χ3n) is 3.02. The molecule has 1 aromatic heterocycles. The summed E-state index contributed by atoms with van der Waals surface area (Å²) in [6, 6.07) is 3.86. The molecule has 0 unspecified atom stereocenters. The van der Waals surface area contributed by atoms with Crippen molar-refractivity contribution in [1.29, 1.82) is 5.26 Å². The summed E-state index contributed by atoms with van der Waals surface area (Å²) >= 11 is 5.33. The monoisotopic (exact) mass is 294 g/mol. The van der Waals surface area contributed by atoms with Crippen molar-refractivity contribution in [2.45, 2.75) is 18.9 Å². The summed E-state index contributed by atoms with van der Waals surface area (Å²) in [5.41, 5.74) is 1.69. The molecule has 1 aliphatic heterocycles. The fourth-order valence-electron chi connectivity index (χ4n) is 2.00. The number of hydrogen-bond acceptors (Lipinski definition) is 6. The Balaban J connectivity index is 2.12. The Kier molecular flexibility index (Phi) is 5.16. The van der Waals surface area contributed by atoms with Crippen molar-refractivity contribution in [1.82, 2.24) is 4.98 Å². The van der Waals surface area contributed by atoms with Gasteiger partial charge in [-0.25, -0.2) is 4.98 Å². The lowest BCUT2D eigenvalue weighted by Crippen LogP contribution is -2.28. The Morgan fingerprint density at radius 2 is 2.25 bits per heavy atom. The molecule has 1 fully saturated rings. The molecule has 0 radical (unpaired) electrons. The first kappa shape index (κ1) is 14.6. The van der Waals surface area contributed by atoms with Gasteiger partial charge in [0.15, 0.2) is 0 Å². The molecular formula is C13H15ClN4O2. The van der Waals surface area contributed by atoms with Gasteiger partial charge in [0.05, 0.1) is 24.1 Å². The molecule has 1 saturated heterocycles. The van der Waals surface area contributed by atoms with Crippen LogP contribution in [0.25, 0.3) is 0 Å². The molecule has 1 aliphatic rings. The first-order valence-corrected chi connectivity index (χ1v) is 6.73. The maximum absolute atomic E-state index is 10.9. The molecule has 0 bridgehead atoms. The van der Waals surface area contributed by atoms with Gasteiger partial charge in [-0.2, -0.15) is 5.26 Å². The van der Waals surface area contributed by atoms with Crippen molar-refractivity contribution in [3.63, 3.8) is 0 Å². The van der Waals surface area contributed by atoms with Gasteiger partial charge in [-0.3, -0.25) is 4.79 Å². The van der Waals surface area contributed by atoms with E-state index in [0.29, 0.717) is 11.7 Å². The number of pyridine rings is 1. The molecule has 0 aromatic carbocycles. The number of nitrogens with zero attached hydrogens (tertiary/aromatic N) is 2. The highest BCUT2D eigenvalue weighted by molar-refractivity contribution is 6.64. The second-order valence-electron chi connectivity index (χ2n) is 4.47. The highest BCUT2D eigenvalue weighted by Gasteiger charge is 2.15. The molecule has 7 heteroatoms. The van der Waals surface area contributed by atoms with Crippen molar-refractivity contribution in [2.24, 2.45) is 0 Å². The predicted octanol–water partition coefficient (Wildman–Crippen LogP) is 1.72. The summed E-state index contributed by atoms with van der Waals surface area (Å²) < 4.78 is 5.31. The number of aromatic nitrogens is 1. The molecule has 0 saturated carbocycles. The van der Waals surface area contributed by atoms with Crippen LogP contribution in [0.15, 0.2) is 12.3 Å². The van der Waals surface area contributed by atoms with E-state index in [1.165, 1.54) is 0 Å². The SMILES string of the molecule is N#Cc1cc(NCC(=O)Cl)c(NC2CCOCC2)cn1. The number of carbonyl (C=O) groups is 1. The van der Waals surface area contributed by atoms with Gasteiger partial charge >= 0.3 is 0 Å². The lowest BCUT2D eigenvalue weighted by Gasteiger charge is -2.25. The molecule has 2 heterocycles. The second kappa shape index (κ2) is 7.08. The Bertz CT molecular complexity index is 524. The van der Waals surface area contributed by atoms with E-state index < -0.39 is 5.24 Å². The van der Waals surface area contributed by atoms with Crippen molar-refractivity contribution in [2.75, 3.05) is 30.4 Å². The van der Waals surface area contributed by atoms with Crippen LogP contribution in [0, 0.1) is 11.3 Å². The van der Waals surface area contributed by atoms with Crippen LogP contribution >= 0.6 is 11.6 Å². The smallest absolute Gasteiger partial charge is 0.240 e. The van der Waals surface area contributed by atoms with Gasteiger partial charge in [0.2, 0.25) is 5.24 Å². The third-order valence-corrected chi connectivity index (χ3v) is 3.15. The minimum Gasteiger partial charge on any atom is -0.381 e. The zero-order valence-corrected chi connectivity index (χ0v) is 11.6. The summed E-state index contributed by atoms with van der Waals surface area (Å²) in [6.45, 7) is 1.45. The van der Waals surface area contributed by atoms with Crippen LogP contribution in [0.1, 0.15) is 18.5 Å². The van der Waals surface area contributed by atoms with E-state index in [-0.39, 0.29) is 12.2 Å². The van der Waals surface area contributed by atoms with Crippen molar-refractivity contribution in [3.05, 3.63) is 18.0 Å². The Hall–Kier alpha value is -1.84. The van der Waals surface area contributed by atoms with Crippen LogP contribution in [0.4, 0.5) is 11.4 Å². The van der Waals surface area contributed by atoms with Crippen LogP contribution in [0.5, 0.6) is 0 Å². The van der Waals surface area contributed by atoms with E-state index in [2.05, 4.69) is 15.6 Å². The fourth-order valence-corrected chi connectivity index (χ4v) is 2.07. The van der Waals surface area contributed by atoms with Crippen LogP contribution in [-0.4, -0.2) is 36.0 Å². The summed E-state index contributed by atoms with van der Waals surface area (Å²) in [5, 5.41) is 14.7. The van der Waals surface area contributed by atoms with Crippen LogP contribution < -0.4 is 10.6 Å². The average Bonchev–Trinajstić information content (AvgIpc) is 2.47. The van der Waals surface area contributed by atoms with E-state index in [1.807, 2.05) is 6.07 Å². The zero-order valence-electron chi connectivity index (χ0n) is 10.9. The van der Waals surface area contributed by atoms with Gasteiger partial charge < -0.3 is 15.4 Å². The van der Waals surface area contributed by atoms with Gasteiger partial charge in [0.25, 0.3) is 0 Å². The predicted molar refractivity (Wildman–Crippen MR) is 75.8 cm³/mol. The number of ether oxygens (including phenoxy) is 1. The first-order valence-electron chi connectivity index (χ1n) is 6.35. The molecular weight excluding hydrogens is 280 g/mol. The van der Waals surface area contributed by atoms with Crippen LogP contribution in [-0.2, 0) is 9.53 Å². The summed E-state index contributed by atoms with van der Waals surface area (Å²) in [6.07, 6.45) is 3.41. The van der Waals surface area contributed by atoms with Gasteiger partial charge in [0, 0.05) is 19.3 Å². The van der Waals surface area contributed by atoms with E-state index in [4.69, 9.17) is 21.6 Å². The van der Waals surface area contributed by atoms with Gasteiger partial charge in [-0.15, -0.1) is 0 Å². The Morgan fingerprint density at radius 3 is 2.90 bits per heavy atom. The zero-order chi connectivity index (χ0) is 14.4. The number of anilines is 2. The normalized spacial score (nSPS) is 15.4. The molecule has 20 heavy (non-hydrogen) atoms. The van der Waals surface area contributed by atoms with Gasteiger partial charge in [-0.1, -0.05) is 0 Å². The maximum atomic E-state index is 10.9. The highest BCUT2D eigenvalue weighted by Crippen LogP contribution is 2.24. The van der Waals surface area contributed by atoms with Crippen LogP contribution in [0.3, 0.4) is 0 Å². The first-order chi connectivity index (χ1) is 9.69. The van der Waals surface area contributed by atoms with Gasteiger partial charge in [-0.05, 0) is 30.5 Å². The van der Waals surface area contributed by atoms with Crippen molar-refractivity contribution in [3.8, 4) is 6.07 Å². The largest absolute Gasteiger partial charge is 0.381 e. The Labute approximate surface area is 122 Å². The van der Waals surface area contributed by atoms with E-state index >= 15 is 0 Å². The molecule has 0 aliphatic carbocycles.